The van der Waals surface area contributed by atoms with Crippen molar-refractivity contribution in [3.8, 4) is 0 Å². The Morgan fingerprint density at radius 3 is 2.30 bits per heavy atom. The van der Waals surface area contributed by atoms with E-state index in [-0.39, 0.29) is 17.3 Å². The Hall–Kier alpha value is -1.93. The number of carbonyl (C=O) groups is 2. The van der Waals surface area contributed by atoms with Crippen LogP contribution < -0.4 is 10.8 Å². The number of aromatic nitrogens is 1. The van der Waals surface area contributed by atoms with Crippen LogP contribution in [0, 0.1) is 5.92 Å². The first-order valence-corrected chi connectivity index (χ1v) is 9.21. The second-order valence-electron chi connectivity index (χ2n) is 8.15. The van der Waals surface area contributed by atoms with Gasteiger partial charge in [-0.3, -0.25) is 4.79 Å². The Labute approximate surface area is 161 Å². The van der Waals surface area contributed by atoms with Crippen LogP contribution in [0.2, 0.25) is 0 Å². The predicted molar refractivity (Wildman–Crippen MR) is 103 cm³/mol. The Bertz CT molecular complexity index is 702. The highest BCUT2D eigenvalue weighted by molar-refractivity contribution is 6.63. The van der Waals surface area contributed by atoms with E-state index in [1.807, 2.05) is 27.7 Å². The van der Waals surface area contributed by atoms with Gasteiger partial charge in [-0.1, -0.05) is 19.9 Å². The van der Waals surface area contributed by atoms with Crippen molar-refractivity contribution < 1.29 is 23.6 Å². The van der Waals surface area contributed by atoms with Gasteiger partial charge in [-0.25, -0.2) is 9.78 Å². The zero-order chi connectivity index (χ0) is 20.4. The number of pyridine rings is 1. The zero-order valence-corrected chi connectivity index (χ0v) is 17.2. The molecule has 148 valence electrons. The first kappa shape index (κ1) is 21.4. The first-order chi connectivity index (χ1) is 12.5. The van der Waals surface area contributed by atoms with Gasteiger partial charge in [0.05, 0.1) is 18.3 Å². The standard InChI is InChI=1S/C19H29BN2O5/c1-12(2)10-11-21-16(23)14-9-8-13(15(22-14)17(24)25-7)20-26-18(3,4)19(5,6)27-20/h8-9,12H,10-11H2,1-7H3,(H,21,23). The van der Waals surface area contributed by atoms with E-state index in [2.05, 4.69) is 24.1 Å². The fourth-order valence-corrected chi connectivity index (χ4v) is 2.58. The zero-order valence-electron chi connectivity index (χ0n) is 17.2. The van der Waals surface area contributed by atoms with Crippen molar-refractivity contribution >= 4 is 24.5 Å². The molecule has 0 radical (unpaired) electrons. The molecule has 0 unspecified atom stereocenters. The molecule has 1 N–H and O–H groups in total. The Morgan fingerprint density at radius 1 is 1.19 bits per heavy atom. The van der Waals surface area contributed by atoms with E-state index < -0.39 is 24.3 Å². The second-order valence-corrected chi connectivity index (χ2v) is 8.15. The van der Waals surface area contributed by atoms with Gasteiger partial charge < -0.3 is 19.4 Å². The number of carbonyl (C=O) groups excluding carboxylic acids is 2. The summed E-state index contributed by atoms with van der Waals surface area (Å²) in [5.41, 5.74) is -0.498. The molecule has 0 aliphatic carbocycles. The fourth-order valence-electron chi connectivity index (χ4n) is 2.58. The van der Waals surface area contributed by atoms with Crippen molar-refractivity contribution in [2.75, 3.05) is 13.7 Å². The van der Waals surface area contributed by atoms with E-state index >= 15 is 0 Å². The number of nitrogens with one attached hydrogen (secondary N) is 1. The molecule has 1 aromatic rings. The molecule has 1 saturated heterocycles. The molecule has 0 aromatic carbocycles. The number of esters is 1. The monoisotopic (exact) mass is 376 g/mol. The molecule has 27 heavy (non-hydrogen) atoms. The third-order valence-corrected chi connectivity index (χ3v) is 5.05. The van der Waals surface area contributed by atoms with E-state index in [0.717, 1.165) is 6.42 Å². The molecular weight excluding hydrogens is 347 g/mol. The predicted octanol–water partition coefficient (Wildman–Crippen LogP) is 1.94. The van der Waals surface area contributed by atoms with Crippen LogP contribution in [-0.2, 0) is 14.0 Å². The number of rotatable bonds is 6. The summed E-state index contributed by atoms with van der Waals surface area (Å²) in [4.78, 5) is 28.8. The van der Waals surface area contributed by atoms with Crippen molar-refractivity contribution in [1.29, 1.82) is 0 Å². The average molecular weight is 376 g/mol. The quantitative estimate of drug-likeness (QED) is 0.603. The van der Waals surface area contributed by atoms with Gasteiger partial charge >= 0.3 is 13.1 Å². The van der Waals surface area contributed by atoms with Crippen LogP contribution in [0.4, 0.5) is 0 Å². The maximum Gasteiger partial charge on any atom is 0.497 e. The lowest BCUT2D eigenvalue weighted by molar-refractivity contribution is 0.00578. The molecular formula is C19H29BN2O5. The van der Waals surface area contributed by atoms with Crippen LogP contribution in [0.3, 0.4) is 0 Å². The number of hydrogen-bond donors (Lipinski definition) is 1. The summed E-state index contributed by atoms with van der Waals surface area (Å²) in [6.07, 6.45) is 0.863. The molecule has 1 aromatic heterocycles. The Morgan fingerprint density at radius 2 is 1.78 bits per heavy atom. The minimum absolute atomic E-state index is 0.0208. The van der Waals surface area contributed by atoms with Crippen molar-refractivity contribution in [3.05, 3.63) is 23.5 Å². The van der Waals surface area contributed by atoms with Crippen LogP contribution >= 0.6 is 0 Å². The number of nitrogens with zero attached hydrogens (tertiary/aromatic N) is 1. The third-order valence-electron chi connectivity index (χ3n) is 5.05. The topological polar surface area (TPSA) is 86.8 Å². The van der Waals surface area contributed by atoms with E-state index in [1.165, 1.54) is 7.11 Å². The average Bonchev–Trinajstić information content (AvgIpc) is 2.80. The first-order valence-electron chi connectivity index (χ1n) is 9.21. The maximum atomic E-state index is 12.3. The lowest BCUT2D eigenvalue weighted by Crippen LogP contribution is -2.41. The summed E-state index contributed by atoms with van der Waals surface area (Å²) in [7, 11) is 0.502. The SMILES string of the molecule is COC(=O)c1nc(C(=O)NCCC(C)C)ccc1B1OC(C)(C)C(C)(C)O1. The molecule has 2 heterocycles. The molecule has 0 atom stereocenters. The lowest BCUT2D eigenvalue weighted by atomic mass is 9.77. The van der Waals surface area contributed by atoms with Gasteiger partial charge in [0.15, 0.2) is 0 Å². The largest absolute Gasteiger partial charge is 0.497 e. The minimum atomic E-state index is -0.769. The van der Waals surface area contributed by atoms with Gasteiger partial charge in [-0.2, -0.15) is 0 Å². The van der Waals surface area contributed by atoms with Gasteiger partial charge in [-0.05, 0) is 46.1 Å². The van der Waals surface area contributed by atoms with Crippen molar-refractivity contribution in [3.63, 3.8) is 0 Å². The fraction of sp³-hybridized carbons (Fsp3) is 0.632. The summed E-state index contributed by atoms with van der Waals surface area (Å²) in [6, 6.07) is 3.20. The van der Waals surface area contributed by atoms with Crippen molar-refractivity contribution in [2.45, 2.75) is 59.2 Å². The summed E-state index contributed by atoms with van der Waals surface area (Å²) in [5, 5.41) is 2.81. The number of amides is 1. The highest BCUT2D eigenvalue weighted by atomic mass is 16.7. The summed E-state index contributed by atoms with van der Waals surface area (Å²) in [6.45, 7) is 12.4. The van der Waals surface area contributed by atoms with E-state index in [0.29, 0.717) is 17.9 Å². The molecule has 7 nitrogen and oxygen atoms in total. The normalized spacial score (nSPS) is 17.9. The smallest absolute Gasteiger partial charge is 0.464 e. The molecule has 2 rings (SSSR count). The van der Waals surface area contributed by atoms with Crippen LogP contribution in [0.15, 0.2) is 12.1 Å². The molecule has 0 spiro atoms. The minimum Gasteiger partial charge on any atom is -0.464 e. The van der Waals surface area contributed by atoms with Gasteiger partial charge in [0.1, 0.15) is 11.4 Å². The number of hydrogen-bond acceptors (Lipinski definition) is 6. The van der Waals surface area contributed by atoms with E-state index in [1.54, 1.807) is 12.1 Å². The molecule has 1 fully saturated rings. The maximum absolute atomic E-state index is 12.3. The number of methoxy groups -OCH3 is 1. The van der Waals surface area contributed by atoms with Crippen molar-refractivity contribution in [1.82, 2.24) is 10.3 Å². The molecule has 1 amide bonds. The summed E-state index contributed by atoms with van der Waals surface area (Å²) < 4.78 is 16.9. The van der Waals surface area contributed by atoms with Gasteiger partial charge in [0.25, 0.3) is 5.91 Å². The van der Waals surface area contributed by atoms with Crippen LogP contribution in [-0.4, -0.2) is 48.8 Å². The van der Waals surface area contributed by atoms with Crippen LogP contribution in [0.25, 0.3) is 0 Å². The molecule has 0 saturated carbocycles. The van der Waals surface area contributed by atoms with Crippen molar-refractivity contribution in [2.24, 2.45) is 5.92 Å². The molecule has 1 aliphatic rings. The van der Waals surface area contributed by atoms with Gasteiger partial charge in [0, 0.05) is 12.0 Å². The summed E-state index contributed by atoms with van der Waals surface area (Å²) >= 11 is 0. The molecule has 8 heteroatoms. The van der Waals surface area contributed by atoms with Gasteiger partial charge in [-0.15, -0.1) is 0 Å². The lowest BCUT2D eigenvalue weighted by Gasteiger charge is -2.32. The summed E-state index contributed by atoms with van der Waals surface area (Å²) in [5.74, 6) is -0.493. The third kappa shape index (κ3) is 4.68. The Kier molecular flexibility index (Phi) is 6.32. The van der Waals surface area contributed by atoms with E-state index in [9.17, 15) is 9.59 Å². The Balaban J connectivity index is 2.29. The number of ether oxygens (including phenoxy) is 1. The van der Waals surface area contributed by atoms with E-state index in [4.69, 9.17) is 14.0 Å². The second kappa shape index (κ2) is 7.98. The van der Waals surface area contributed by atoms with Crippen LogP contribution in [0.1, 0.15) is 68.9 Å². The highest BCUT2D eigenvalue weighted by Gasteiger charge is 2.52. The molecule has 0 bridgehead atoms. The molecule has 1 aliphatic heterocycles. The van der Waals surface area contributed by atoms with Gasteiger partial charge in [0.2, 0.25) is 0 Å². The highest BCUT2D eigenvalue weighted by Crippen LogP contribution is 2.36. The van der Waals surface area contributed by atoms with Crippen LogP contribution in [0.5, 0.6) is 0 Å².